The Morgan fingerprint density at radius 3 is 3.06 bits per heavy atom. The summed E-state index contributed by atoms with van der Waals surface area (Å²) in [4.78, 5) is 12.5. The SMILES string of the molecule is CN1c2ccc(C(=O)O)cc2OCC1C#N. The third kappa shape index (κ3) is 1.54. The van der Waals surface area contributed by atoms with Gasteiger partial charge < -0.3 is 14.7 Å². The first-order valence-corrected chi connectivity index (χ1v) is 4.76. The van der Waals surface area contributed by atoms with Crippen LogP contribution in [0.1, 0.15) is 10.4 Å². The van der Waals surface area contributed by atoms with Gasteiger partial charge in [-0.25, -0.2) is 4.79 Å². The lowest BCUT2D eigenvalue weighted by Gasteiger charge is -2.31. The third-order valence-electron chi connectivity index (χ3n) is 2.60. The molecular weight excluding hydrogens is 208 g/mol. The van der Waals surface area contributed by atoms with Crippen LogP contribution < -0.4 is 9.64 Å². The number of fused-ring (bicyclic) bond motifs is 1. The van der Waals surface area contributed by atoms with Crippen molar-refractivity contribution in [3.8, 4) is 11.8 Å². The Morgan fingerprint density at radius 2 is 2.44 bits per heavy atom. The van der Waals surface area contributed by atoms with E-state index in [2.05, 4.69) is 6.07 Å². The second-order valence-corrected chi connectivity index (χ2v) is 3.55. The number of anilines is 1. The molecule has 5 nitrogen and oxygen atoms in total. The van der Waals surface area contributed by atoms with Crippen LogP contribution in [0.5, 0.6) is 5.75 Å². The molecule has 0 spiro atoms. The van der Waals surface area contributed by atoms with E-state index in [1.165, 1.54) is 12.1 Å². The fraction of sp³-hybridized carbons (Fsp3) is 0.273. The summed E-state index contributed by atoms with van der Waals surface area (Å²) in [5, 5.41) is 17.7. The van der Waals surface area contributed by atoms with Crippen molar-refractivity contribution >= 4 is 11.7 Å². The van der Waals surface area contributed by atoms with Crippen molar-refractivity contribution in [3.63, 3.8) is 0 Å². The van der Waals surface area contributed by atoms with Gasteiger partial charge in [0.05, 0.1) is 17.3 Å². The molecule has 1 aliphatic rings. The third-order valence-corrected chi connectivity index (χ3v) is 2.60. The molecule has 1 aliphatic heterocycles. The Labute approximate surface area is 92.5 Å². The van der Waals surface area contributed by atoms with Crippen molar-refractivity contribution in [1.29, 1.82) is 5.26 Å². The molecule has 0 radical (unpaired) electrons. The summed E-state index contributed by atoms with van der Waals surface area (Å²) >= 11 is 0. The molecule has 0 saturated heterocycles. The Kier molecular flexibility index (Phi) is 2.41. The lowest BCUT2D eigenvalue weighted by molar-refractivity contribution is 0.0696. The molecule has 0 bridgehead atoms. The summed E-state index contributed by atoms with van der Waals surface area (Å²) in [7, 11) is 1.79. The summed E-state index contributed by atoms with van der Waals surface area (Å²) in [6, 6.07) is 6.42. The Balaban J connectivity index is 2.41. The van der Waals surface area contributed by atoms with Crippen LogP contribution in [-0.4, -0.2) is 30.8 Å². The molecule has 1 aromatic carbocycles. The minimum Gasteiger partial charge on any atom is -0.488 e. The molecule has 1 heterocycles. The first-order chi connectivity index (χ1) is 7.63. The summed E-state index contributed by atoms with van der Waals surface area (Å²) in [6.07, 6.45) is 0. The maximum atomic E-state index is 10.8. The molecule has 1 aromatic rings. The van der Waals surface area contributed by atoms with Gasteiger partial charge in [0.2, 0.25) is 0 Å². The van der Waals surface area contributed by atoms with Gasteiger partial charge in [-0.3, -0.25) is 0 Å². The molecule has 2 rings (SSSR count). The number of carbonyl (C=O) groups is 1. The van der Waals surface area contributed by atoms with E-state index in [0.717, 1.165) is 5.69 Å². The van der Waals surface area contributed by atoms with Gasteiger partial charge in [-0.1, -0.05) is 0 Å². The number of nitriles is 1. The quantitative estimate of drug-likeness (QED) is 0.764. The van der Waals surface area contributed by atoms with Crippen LogP contribution in [-0.2, 0) is 0 Å². The van der Waals surface area contributed by atoms with Gasteiger partial charge in [-0.2, -0.15) is 5.26 Å². The molecule has 1 unspecified atom stereocenters. The molecular formula is C11H10N2O3. The maximum absolute atomic E-state index is 10.8. The standard InChI is InChI=1S/C11H10N2O3/c1-13-8(5-12)6-16-10-4-7(11(14)15)2-3-9(10)13/h2-4,8H,6H2,1H3,(H,14,15). The predicted octanol–water partition coefficient (Wildman–Crippen LogP) is 1.11. The van der Waals surface area contributed by atoms with Crippen molar-refractivity contribution in [2.45, 2.75) is 6.04 Å². The van der Waals surface area contributed by atoms with Crippen LogP contribution in [0, 0.1) is 11.3 Å². The van der Waals surface area contributed by atoms with Crippen LogP contribution in [0.2, 0.25) is 0 Å². The average Bonchev–Trinajstić information content (AvgIpc) is 2.29. The van der Waals surface area contributed by atoms with Crippen molar-refractivity contribution in [2.75, 3.05) is 18.6 Å². The molecule has 1 N–H and O–H groups in total. The molecule has 0 amide bonds. The number of hydrogen-bond donors (Lipinski definition) is 1. The zero-order chi connectivity index (χ0) is 11.7. The summed E-state index contributed by atoms with van der Waals surface area (Å²) in [6.45, 7) is 0.253. The van der Waals surface area contributed by atoms with Crippen molar-refractivity contribution in [2.24, 2.45) is 0 Å². The number of benzene rings is 1. The minimum atomic E-state index is -0.989. The second-order valence-electron chi connectivity index (χ2n) is 3.55. The van der Waals surface area contributed by atoms with E-state index in [9.17, 15) is 4.79 Å². The highest BCUT2D eigenvalue weighted by atomic mass is 16.5. The Morgan fingerprint density at radius 1 is 1.69 bits per heavy atom. The highest BCUT2D eigenvalue weighted by Crippen LogP contribution is 2.33. The minimum absolute atomic E-state index is 0.183. The first-order valence-electron chi connectivity index (χ1n) is 4.76. The number of aromatic carboxylic acids is 1. The van der Waals surface area contributed by atoms with Crippen LogP contribution in [0.25, 0.3) is 0 Å². The van der Waals surface area contributed by atoms with E-state index in [0.29, 0.717) is 5.75 Å². The Hall–Kier alpha value is -2.22. The van der Waals surface area contributed by atoms with Crippen molar-refractivity contribution < 1.29 is 14.6 Å². The van der Waals surface area contributed by atoms with E-state index < -0.39 is 5.97 Å². The predicted molar refractivity (Wildman–Crippen MR) is 56.7 cm³/mol. The monoisotopic (exact) mass is 218 g/mol. The van der Waals surface area contributed by atoms with Crippen molar-refractivity contribution in [3.05, 3.63) is 23.8 Å². The smallest absolute Gasteiger partial charge is 0.335 e. The number of carboxylic acids is 1. The molecule has 5 heteroatoms. The van der Waals surface area contributed by atoms with Gasteiger partial charge >= 0.3 is 5.97 Å². The topological polar surface area (TPSA) is 73.6 Å². The highest BCUT2D eigenvalue weighted by molar-refractivity contribution is 5.89. The summed E-state index contributed by atoms with van der Waals surface area (Å²) in [5.41, 5.74) is 0.922. The normalized spacial score (nSPS) is 18.2. The fourth-order valence-electron chi connectivity index (χ4n) is 1.63. The zero-order valence-corrected chi connectivity index (χ0v) is 8.67. The van der Waals surface area contributed by atoms with Gasteiger partial charge in [0.15, 0.2) is 6.04 Å². The van der Waals surface area contributed by atoms with Crippen LogP contribution >= 0.6 is 0 Å². The number of nitrogens with zero attached hydrogens (tertiary/aromatic N) is 2. The van der Waals surface area contributed by atoms with Gasteiger partial charge in [0, 0.05) is 7.05 Å². The molecule has 82 valence electrons. The molecule has 0 aromatic heterocycles. The lowest BCUT2D eigenvalue weighted by Crippen LogP contribution is -2.39. The van der Waals surface area contributed by atoms with E-state index in [-0.39, 0.29) is 18.2 Å². The van der Waals surface area contributed by atoms with Crippen LogP contribution in [0.4, 0.5) is 5.69 Å². The van der Waals surface area contributed by atoms with E-state index in [4.69, 9.17) is 15.1 Å². The average molecular weight is 218 g/mol. The lowest BCUT2D eigenvalue weighted by atomic mass is 10.1. The van der Waals surface area contributed by atoms with Crippen LogP contribution in [0.3, 0.4) is 0 Å². The van der Waals surface area contributed by atoms with Crippen LogP contribution in [0.15, 0.2) is 18.2 Å². The first kappa shape index (κ1) is 10.3. The molecule has 1 atom stereocenters. The number of ether oxygens (including phenoxy) is 1. The van der Waals surface area contributed by atoms with Gasteiger partial charge in [-0.15, -0.1) is 0 Å². The Bertz CT molecular complexity index is 479. The molecule has 0 aliphatic carbocycles. The highest BCUT2D eigenvalue weighted by Gasteiger charge is 2.25. The number of rotatable bonds is 1. The summed E-state index contributed by atoms with van der Waals surface area (Å²) in [5.74, 6) is -0.481. The van der Waals surface area contributed by atoms with E-state index >= 15 is 0 Å². The van der Waals surface area contributed by atoms with Gasteiger partial charge in [0.1, 0.15) is 12.4 Å². The number of likely N-dealkylation sites (N-methyl/N-ethyl adjacent to an activating group) is 1. The molecule has 0 saturated carbocycles. The number of carboxylic acid groups (broad SMARTS) is 1. The van der Waals surface area contributed by atoms with E-state index in [1.54, 1.807) is 18.0 Å². The second kappa shape index (κ2) is 3.74. The summed E-state index contributed by atoms with van der Waals surface area (Å²) < 4.78 is 5.36. The molecule has 16 heavy (non-hydrogen) atoms. The zero-order valence-electron chi connectivity index (χ0n) is 8.67. The fourth-order valence-corrected chi connectivity index (χ4v) is 1.63. The van der Waals surface area contributed by atoms with Crippen molar-refractivity contribution in [1.82, 2.24) is 0 Å². The largest absolute Gasteiger partial charge is 0.488 e. The van der Waals surface area contributed by atoms with E-state index in [1.807, 2.05) is 0 Å². The van der Waals surface area contributed by atoms with Gasteiger partial charge in [-0.05, 0) is 18.2 Å². The van der Waals surface area contributed by atoms with Gasteiger partial charge in [0.25, 0.3) is 0 Å². The molecule has 0 fully saturated rings. The number of hydrogen-bond acceptors (Lipinski definition) is 4. The maximum Gasteiger partial charge on any atom is 0.335 e.